The normalized spacial score (nSPS) is 12.3. The molecule has 2 heterocycles. The van der Waals surface area contributed by atoms with Gasteiger partial charge in [-0.25, -0.2) is 4.98 Å². The number of hydrogen-bond donors (Lipinski definition) is 0. The number of alkyl halides is 3. The van der Waals surface area contributed by atoms with Crippen LogP contribution < -0.4 is 4.74 Å². The summed E-state index contributed by atoms with van der Waals surface area (Å²) in [5.41, 5.74) is -0.247. The van der Waals surface area contributed by atoms with Crippen molar-refractivity contribution >= 4 is 28.3 Å². The molecule has 0 atom stereocenters. The molecular weight excluding hydrogens is 309 g/mol. The molecule has 0 spiro atoms. The third-order valence-corrected chi connectivity index (χ3v) is 3.32. The predicted molar refractivity (Wildman–Crippen MR) is 69.6 cm³/mol. The Bertz CT molecular complexity index is 859. The number of benzene rings is 1. The van der Waals surface area contributed by atoms with Gasteiger partial charge in [0.2, 0.25) is 0 Å². The maximum absolute atomic E-state index is 13.0. The first-order valence-corrected chi connectivity index (χ1v) is 6.17. The summed E-state index contributed by atoms with van der Waals surface area (Å²) in [5, 5.41) is 7.67. The number of ether oxygens (including phenoxy) is 1. The summed E-state index contributed by atoms with van der Waals surface area (Å²) in [6.45, 7) is 1.61. The minimum Gasteiger partial charge on any atom is -0.494 e. The Morgan fingerprint density at radius 3 is 2.57 bits per heavy atom. The van der Waals surface area contributed by atoms with Gasteiger partial charge in [0, 0.05) is 0 Å². The summed E-state index contributed by atoms with van der Waals surface area (Å²) in [4.78, 5) is 4.06. The van der Waals surface area contributed by atoms with E-state index in [1.807, 2.05) is 0 Å². The van der Waals surface area contributed by atoms with Crippen molar-refractivity contribution in [2.45, 2.75) is 13.1 Å². The molecule has 110 valence electrons. The van der Waals surface area contributed by atoms with Crippen LogP contribution in [0.25, 0.3) is 16.7 Å². The molecule has 0 bridgehead atoms. The molecule has 0 N–H and O–H groups in total. The number of fused-ring (bicyclic) bond motifs is 3. The Morgan fingerprint density at radius 1 is 1.24 bits per heavy atom. The molecule has 5 nitrogen and oxygen atoms in total. The van der Waals surface area contributed by atoms with Crippen LogP contribution >= 0.6 is 11.6 Å². The molecule has 0 aliphatic carbocycles. The van der Waals surface area contributed by atoms with Gasteiger partial charge < -0.3 is 4.74 Å². The van der Waals surface area contributed by atoms with Crippen LogP contribution in [-0.4, -0.2) is 26.7 Å². The first-order chi connectivity index (χ1) is 9.82. The predicted octanol–water partition coefficient (Wildman–Crippen LogP) is 3.27. The highest BCUT2D eigenvalue weighted by molar-refractivity contribution is 6.32. The molecule has 1 aromatic carbocycles. The summed E-state index contributed by atoms with van der Waals surface area (Å²) < 4.78 is 45.4. The second-order valence-corrected chi connectivity index (χ2v) is 4.71. The maximum Gasteiger partial charge on any atom is 0.416 e. The van der Waals surface area contributed by atoms with E-state index in [-0.39, 0.29) is 27.6 Å². The summed E-state index contributed by atoms with van der Waals surface area (Å²) >= 11 is 6.00. The zero-order valence-electron chi connectivity index (χ0n) is 10.9. The van der Waals surface area contributed by atoms with Crippen molar-refractivity contribution in [3.05, 3.63) is 28.7 Å². The van der Waals surface area contributed by atoms with E-state index in [9.17, 15) is 13.2 Å². The minimum atomic E-state index is -4.50. The molecule has 0 saturated heterocycles. The highest BCUT2D eigenvalue weighted by atomic mass is 35.5. The molecule has 0 fully saturated rings. The summed E-state index contributed by atoms with van der Waals surface area (Å²) in [6.07, 6.45) is -4.50. The highest BCUT2D eigenvalue weighted by Gasteiger charge is 2.32. The zero-order valence-corrected chi connectivity index (χ0v) is 11.6. The molecule has 0 radical (unpaired) electrons. The lowest BCUT2D eigenvalue weighted by Gasteiger charge is -2.12. The van der Waals surface area contributed by atoms with Gasteiger partial charge in [0.25, 0.3) is 0 Å². The van der Waals surface area contributed by atoms with Gasteiger partial charge in [-0.1, -0.05) is 11.6 Å². The molecule has 0 amide bonds. The van der Waals surface area contributed by atoms with Crippen molar-refractivity contribution < 1.29 is 17.9 Å². The van der Waals surface area contributed by atoms with Gasteiger partial charge in [0.1, 0.15) is 17.1 Å². The molecule has 0 unspecified atom stereocenters. The zero-order chi connectivity index (χ0) is 15.4. The van der Waals surface area contributed by atoms with Crippen molar-refractivity contribution in [1.82, 2.24) is 19.6 Å². The summed E-state index contributed by atoms with van der Waals surface area (Å²) in [6, 6.07) is 1.86. The Labute approximate surface area is 121 Å². The third kappa shape index (κ3) is 2.06. The number of rotatable bonds is 1. The Balaban J connectivity index is 2.53. The first kappa shape index (κ1) is 13.9. The average molecular weight is 317 g/mol. The van der Waals surface area contributed by atoms with Gasteiger partial charge in [-0.05, 0) is 19.1 Å². The first-order valence-electron chi connectivity index (χ1n) is 5.79. The molecule has 3 aromatic rings. The lowest BCUT2D eigenvalue weighted by Crippen LogP contribution is -2.07. The largest absolute Gasteiger partial charge is 0.494 e. The van der Waals surface area contributed by atoms with E-state index in [0.717, 1.165) is 12.1 Å². The Hall–Kier alpha value is -2.09. The van der Waals surface area contributed by atoms with E-state index in [0.29, 0.717) is 5.82 Å². The molecule has 0 saturated carbocycles. The Morgan fingerprint density at radius 2 is 1.95 bits per heavy atom. The van der Waals surface area contributed by atoms with E-state index in [4.69, 9.17) is 16.3 Å². The molecule has 21 heavy (non-hydrogen) atoms. The number of methoxy groups -OCH3 is 1. The molecule has 3 rings (SSSR count). The van der Waals surface area contributed by atoms with Crippen LogP contribution in [-0.2, 0) is 6.18 Å². The van der Waals surface area contributed by atoms with Crippen LogP contribution in [0.2, 0.25) is 5.15 Å². The molecule has 0 aliphatic rings. The number of hydrogen-bond acceptors (Lipinski definition) is 4. The third-order valence-electron chi connectivity index (χ3n) is 3.06. The molecule has 0 aliphatic heterocycles. The topological polar surface area (TPSA) is 52.3 Å². The number of aryl methyl sites for hydroxylation is 1. The van der Waals surface area contributed by atoms with E-state index >= 15 is 0 Å². The van der Waals surface area contributed by atoms with Crippen molar-refractivity contribution in [1.29, 1.82) is 0 Å². The number of halogens is 4. The van der Waals surface area contributed by atoms with Crippen molar-refractivity contribution in [2.75, 3.05) is 7.11 Å². The lowest BCUT2D eigenvalue weighted by molar-refractivity contribution is -0.137. The molecular formula is C12H8ClF3N4O. The highest BCUT2D eigenvalue weighted by Crippen LogP contribution is 2.36. The van der Waals surface area contributed by atoms with Crippen LogP contribution in [0.15, 0.2) is 12.1 Å². The fourth-order valence-electron chi connectivity index (χ4n) is 2.13. The maximum atomic E-state index is 13.0. The van der Waals surface area contributed by atoms with E-state index in [2.05, 4.69) is 15.2 Å². The van der Waals surface area contributed by atoms with Crippen LogP contribution in [0.1, 0.15) is 11.4 Å². The minimum absolute atomic E-state index is 0.0169. The van der Waals surface area contributed by atoms with Crippen molar-refractivity contribution in [3.8, 4) is 5.75 Å². The van der Waals surface area contributed by atoms with E-state index in [1.165, 1.54) is 11.5 Å². The van der Waals surface area contributed by atoms with Crippen LogP contribution in [0.5, 0.6) is 5.75 Å². The Kier molecular flexibility index (Phi) is 2.94. The smallest absolute Gasteiger partial charge is 0.416 e. The molecule has 2 aromatic heterocycles. The van der Waals surface area contributed by atoms with Gasteiger partial charge in [-0.15, -0.1) is 10.2 Å². The fourth-order valence-corrected chi connectivity index (χ4v) is 2.33. The van der Waals surface area contributed by atoms with Gasteiger partial charge in [0.05, 0.1) is 18.2 Å². The average Bonchev–Trinajstić information content (AvgIpc) is 2.80. The fraction of sp³-hybridized carbons (Fsp3) is 0.250. The van der Waals surface area contributed by atoms with Crippen LogP contribution in [0.4, 0.5) is 13.2 Å². The summed E-state index contributed by atoms with van der Waals surface area (Å²) in [5.74, 6) is 0.386. The number of nitrogens with zero attached hydrogens (tertiary/aromatic N) is 4. The van der Waals surface area contributed by atoms with Crippen molar-refractivity contribution in [3.63, 3.8) is 0 Å². The SMILES string of the molecule is COc1cc(C(F)(F)F)cc2c1nc(Cl)c1nnc(C)n12. The quantitative estimate of drug-likeness (QED) is 0.691. The van der Waals surface area contributed by atoms with Gasteiger partial charge in [-0.2, -0.15) is 13.2 Å². The van der Waals surface area contributed by atoms with Gasteiger partial charge >= 0.3 is 6.18 Å². The standard InChI is InChI=1S/C12H8ClF3N4O/c1-5-18-19-11-10(13)17-9-7(20(5)11)3-6(12(14,15)16)4-8(9)21-2/h3-4H,1-2H3. The van der Waals surface area contributed by atoms with Crippen LogP contribution in [0.3, 0.4) is 0 Å². The summed E-state index contributed by atoms with van der Waals surface area (Å²) in [7, 11) is 1.27. The second-order valence-electron chi connectivity index (χ2n) is 4.35. The monoisotopic (exact) mass is 316 g/mol. The number of aromatic nitrogens is 4. The lowest BCUT2D eigenvalue weighted by atomic mass is 10.1. The van der Waals surface area contributed by atoms with E-state index < -0.39 is 11.7 Å². The van der Waals surface area contributed by atoms with E-state index in [1.54, 1.807) is 6.92 Å². The molecule has 9 heteroatoms. The second kappa shape index (κ2) is 4.45. The van der Waals surface area contributed by atoms with Crippen molar-refractivity contribution in [2.24, 2.45) is 0 Å². The van der Waals surface area contributed by atoms with Gasteiger partial charge in [0.15, 0.2) is 10.8 Å². The van der Waals surface area contributed by atoms with Gasteiger partial charge in [-0.3, -0.25) is 4.40 Å². The van der Waals surface area contributed by atoms with Crippen LogP contribution in [0, 0.1) is 6.92 Å².